The number of rotatable bonds is 13. The lowest BCUT2D eigenvalue weighted by atomic mass is 10.1. The van der Waals surface area contributed by atoms with Gasteiger partial charge in [0.25, 0.3) is 0 Å². The van der Waals surface area contributed by atoms with E-state index in [1.807, 2.05) is 32.3 Å². The van der Waals surface area contributed by atoms with E-state index in [0.29, 0.717) is 36.3 Å². The van der Waals surface area contributed by atoms with Gasteiger partial charge in [-0.05, 0) is 69.3 Å². The molecule has 11 heteroatoms. The van der Waals surface area contributed by atoms with Crippen molar-refractivity contribution in [1.29, 1.82) is 0 Å². The van der Waals surface area contributed by atoms with Crippen LogP contribution < -0.4 is 9.64 Å². The molecule has 1 amide bonds. The Hall–Kier alpha value is -3.02. The number of methoxy groups -OCH3 is 1. The van der Waals surface area contributed by atoms with Crippen LogP contribution in [-0.2, 0) is 26.2 Å². The molecule has 224 valence electrons. The topological polar surface area (TPSA) is 103 Å². The summed E-state index contributed by atoms with van der Waals surface area (Å²) in [5.74, 6) is 1.56. The van der Waals surface area contributed by atoms with Crippen LogP contribution in [-0.4, -0.2) is 101 Å². The van der Waals surface area contributed by atoms with Crippen LogP contribution in [0.15, 0.2) is 35.4 Å². The first kappa shape index (κ1) is 35.0. The molecule has 0 N–H and O–H groups in total. The number of aromatic nitrogens is 1. The first-order valence-corrected chi connectivity index (χ1v) is 14.7. The molecule has 0 aliphatic carbocycles. The molecule has 0 fully saturated rings. The fraction of sp³-hybridized carbons (Fsp3) is 0.552. The summed E-state index contributed by atoms with van der Waals surface area (Å²) in [6.45, 7) is 9.35. The van der Waals surface area contributed by atoms with Crippen molar-refractivity contribution >= 4 is 27.5 Å². The van der Waals surface area contributed by atoms with Crippen LogP contribution in [0.4, 0.5) is 5.82 Å². The van der Waals surface area contributed by atoms with E-state index in [-0.39, 0.29) is 23.1 Å². The van der Waals surface area contributed by atoms with E-state index in [2.05, 4.69) is 28.9 Å². The van der Waals surface area contributed by atoms with Gasteiger partial charge in [0.05, 0.1) is 18.6 Å². The summed E-state index contributed by atoms with van der Waals surface area (Å²) in [6, 6.07) is 7.38. The van der Waals surface area contributed by atoms with Crippen molar-refractivity contribution in [2.45, 2.75) is 52.0 Å². The van der Waals surface area contributed by atoms with Crippen molar-refractivity contribution in [3.63, 3.8) is 0 Å². The monoisotopic (exact) mass is 577 g/mol. The molecule has 1 heterocycles. The van der Waals surface area contributed by atoms with Crippen molar-refractivity contribution in [1.82, 2.24) is 19.1 Å². The number of hydrogen-bond acceptors (Lipinski definition) is 8. The van der Waals surface area contributed by atoms with Gasteiger partial charge in [-0.15, -0.1) is 0 Å². The minimum atomic E-state index is -3.68. The van der Waals surface area contributed by atoms with Gasteiger partial charge in [-0.2, -0.15) is 4.31 Å². The number of sulfonamides is 1. The van der Waals surface area contributed by atoms with Crippen LogP contribution in [0.3, 0.4) is 0 Å². The number of ketones is 1. The highest BCUT2D eigenvalue weighted by molar-refractivity contribution is 7.89. The molecule has 0 unspecified atom stereocenters. The van der Waals surface area contributed by atoms with Gasteiger partial charge in [0.2, 0.25) is 15.9 Å². The van der Waals surface area contributed by atoms with Gasteiger partial charge in [0.1, 0.15) is 17.4 Å². The number of amides is 1. The Morgan fingerprint density at radius 3 is 2.02 bits per heavy atom. The van der Waals surface area contributed by atoms with Crippen LogP contribution >= 0.6 is 0 Å². The average molecular weight is 578 g/mol. The third-order valence-corrected chi connectivity index (χ3v) is 8.42. The molecule has 2 aromatic rings. The lowest BCUT2D eigenvalue weighted by Crippen LogP contribution is -2.33. The number of carbonyl (C=O) groups is 2. The van der Waals surface area contributed by atoms with Crippen LogP contribution in [0.2, 0.25) is 0 Å². The van der Waals surface area contributed by atoms with Crippen molar-refractivity contribution < 1.29 is 22.7 Å². The summed E-state index contributed by atoms with van der Waals surface area (Å²) in [7, 11) is 7.24. The maximum absolute atomic E-state index is 12.6. The van der Waals surface area contributed by atoms with E-state index < -0.39 is 10.0 Å². The molecule has 1 aromatic carbocycles. The molecule has 10 nitrogen and oxygen atoms in total. The maximum atomic E-state index is 12.6. The Kier molecular flexibility index (Phi) is 14.3. The predicted octanol–water partition coefficient (Wildman–Crippen LogP) is 3.36. The lowest BCUT2D eigenvalue weighted by Gasteiger charge is -2.21. The zero-order valence-corrected chi connectivity index (χ0v) is 26.6. The summed E-state index contributed by atoms with van der Waals surface area (Å²) in [5, 5.41) is 0. The number of carbonyl (C=O) groups excluding carboxylic acids is 2. The second-order valence-electron chi connectivity index (χ2n) is 10.3. The minimum absolute atomic E-state index is 0.0622. The second kappa shape index (κ2) is 16.3. The zero-order chi connectivity index (χ0) is 30.6. The van der Waals surface area contributed by atoms with E-state index in [4.69, 9.17) is 4.74 Å². The number of aryl methyl sites for hydroxylation is 2. The smallest absolute Gasteiger partial charge is 0.243 e. The normalized spacial score (nSPS) is 11.2. The van der Waals surface area contributed by atoms with E-state index in [1.165, 1.54) is 14.2 Å². The molecule has 0 saturated heterocycles. The molecular weight excluding hydrogens is 530 g/mol. The number of ether oxygens (including phenoxy) is 1. The van der Waals surface area contributed by atoms with E-state index in [9.17, 15) is 18.0 Å². The molecule has 0 saturated carbocycles. The number of nitrogens with zero attached hydrogens (tertiary/aromatic N) is 5. The van der Waals surface area contributed by atoms with Crippen molar-refractivity contribution in [2.24, 2.45) is 0 Å². The number of pyridine rings is 1. The lowest BCUT2D eigenvalue weighted by molar-refractivity contribution is -0.128. The number of benzene rings is 1. The van der Waals surface area contributed by atoms with Crippen molar-refractivity contribution in [3.8, 4) is 5.75 Å². The van der Waals surface area contributed by atoms with Gasteiger partial charge in [-0.1, -0.05) is 13.0 Å². The highest BCUT2D eigenvalue weighted by Gasteiger charge is 2.26. The molecule has 40 heavy (non-hydrogen) atoms. The minimum Gasteiger partial charge on any atom is -0.497 e. The molecule has 0 atom stereocenters. The van der Waals surface area contributed by atoms with E-state index in [1.54, 1.807) is 44.9 Å². The molecular formula is C29H47N5O5S. The van der Waals surface area contributed by atoms with Gasteiger partial charge in [0.15, 0.2) is 0 Å². The fourth-order valence-corrected chi connectivity index (χ4v) is 5.43. The van der Waals surface area contributed by atoms with Gasteiger partial charge in [-0.25, -0.2) is 13.4 Å². The Labute approximate surface area is 241 Å². The molecule has 0 aliphatic heterocycles. The number of likely N-dealkylation sites (N-methyl/N-ethyl adjacent to an activating group) is 3. The average Bonchev–Trinajstić information content (AvgIpc) is 2.87. The van der Waals surface area contributed by atoms with Gasteiger partial charge >= 0.3 is 0 Å². The Morgan fingerprint density at radius 2 is 1.57 bits per heavy atom. The number of anilines is 1. The maximum Gasteiger partial charge on any atom is 0.243 e. The van der Waals surface area contributed by atoms with Crippen LogP contribution in [0.1, 0.15) is 43.4 Å². The summed E-state index contributed by atoms with van der Waals surface area (Å²) in [4.78, 5) is 33.5. The van der Waals surface area contributed by atoms with Crippen molar-refractivity contribution in [3.05, 3.63) is 47.2 Å². The highest BCUT2D eigenvalue weighted by atomic mass is 32.2. The SMILES string of the molecule is CC(=O)N(C)Cc1ccc(N(C)CCN(C)C)nc1.CCCC(=O)CN(C)S(=O)(=O)c1c(C)cc(OC)cc1C. The third kappa shape index (κ3) is 10.9. The van der Waals surface area contributed by atoms with Crippen LogP contribution in [0.25, 0.3) is 0 Å². The standard InChI is InChI=1S/C15H23NO4S.C14H24N4O/c1-6-7-13(17)10-16(4)21(18,19)15-11(2)8-14(20-5)9-12(15)3;1-12(19)18(5)11-13-6-7-14(15-10-13)17(4)9-8-16(2)3/h8-9H,6-7,10H2,1-5H3;6-7,10H,8-9,11H2,1-5H3. The molecule has 0 radical (unpaired) electrons. The van der Waals surface area contributed by atoms with Gasteiger partial charge in [-0.3, -0.25) is 9.59 Å². The largest absolute Gasteiger partial charge is 0.497 e. The van der Waals surface area contributed by atoms with E-state index in [0.717, 1.165) is 28.8 Å². The zero-order valence-electron chi connectivity index (χ0n) is 25.8. The summed E-state index contributed by atoms with van der Waals surface area (Å²) in [6.07, 6.45) is 2.94. The second-order valence-corrected chi connectivity index (χ2v) is 12.2. The van der Waals surface area contributed by atoms with Crippen LogP contribution in [0.5, 0.6) is 5.75 Å². The van der Waals surface area contributed by atoms with Gasteiger partial charge in [0, 0.05) is 60.3 Å². The first-order chi connectivity index (χ1) is 18.6. The summed E-state index contributed by atoms with van der Waals surface area (Å²) in [5.41, 5.74) is 2.27. The molecule has 2 rings (SSSR count). The fourth-order valence-electron chi connectivity index (χ4n) is 3.87. The van der Waals surface area contributed by atoms with Crippen LogP contribution in [0, 0.1) is 13.8 Å². The quantitative estimate of drug-likeness (QED) is 0.357. The summed E-state index contributed by atoms with van der Waals surface area (Å²) >= 11 is 0. The van der Waals surface area contributed by atoms with Crippen molar-refractivity contribution in [2.75, 3.05) is 66.9 Å². The predicted molar refractivity (Wildman–Crippen MR) is 160 cm³/mol. The Bertz CT molecular complexity index is 1190. The van der Waals surface area contributed by atoms with Gasteiger partial charge < -0.3 is 19.4 Å². The highest BCUT2D eigenvalue weighted by Crippen LogP contribution is 2.27. The molecule has 0 spiro atoms. The third-order valence-electron chi connectivity index (χ3n) is 6.31. The van der Waals surface area contributed by atoms with E-state index >= 15 is 0 Å². The summed E-state index contributed by atoms with van der Waals surface area (Å²) < 4.78 is 31.5. The molecule has 1 aromatic heterocycles. The molecule has 0 bridgehead atoms. The number of Topliss-reactive ketones (excluding diaryl/α,β-unsaturated/α-hetero) is 1. The molecule has 0 aliphatic rings. The first-order valence-electron chi connectivity index (χ1n) is 13.3. The Morgan fingerprint density at radius 1 is 0.975 bits per heavy atom. The number of hydrogen-bond donors (Lipinski definition) is 0. The Balaban J connectivity index is 0.000000402.